The molecule has 2 rings (SSSR count). The molecule has 0 aliphatic rings. The molecule has 1 atom stereocenters. The predicted molar refractivity (Wildman–Crippen MR) is 77.9 cm³/mol. The van der Waals surface area contributed by atoms with Crippen molar-refractivity contribution in [2.45, 2.75) is 13.0 Å². The number of hydrogen-bond acceptors (Lipinski definition) is 7. The van der Waals surface area contributed by atoms with Gasteiger partial charge in [0.05, 0.1) is 26.8 Å². The van der Waals surface area contributed by atoms with E-state index in [9.17, 15) is 14.9 Å². The van der Waals surface area contributed by atoms with Crippen LogP contribution >= 0.6 is 11.3 Å². The van der Waals surface area contributed by atoms with Gasteiger partial charge in [-0.1, -0.05) is 0 Å². The SMILES string of the molecule is COCC(Nc1cc2nc(C)sc2cc1[N+](=O)[O-])C(=O)O. The fourth-order valence-corrected chi connectivity index (χ4v) is 2.72. The fourth-order valence-electron chi connectivity index (χ4n) is 1.87. The Kier molecular flexibility index (Phi) is 4.34. The molecule has 2 aromatic rings. The highest BCUT2D eigenvalue weighted by Crippen LogP contribution is 2.33. The lowest BCUT2D eigenvalue weighted by molar-refractivity contribution is -0.383. The number of nitrogens with zero attached hydrogens (tertiary/aromatic N) is 2. The maximum absolute atomic E-state index is 11.2. The van der Waals surface area contributed by atoms with E-state index in [-0.39, 0.29) is 18.0 Å². The van der Waals surface area contributed by atoms with Gasteiger partial charge in [0, 0.05) is 13.2 Å². The van der Waals surface area contributed by atoms with Gasteiger partial charge < -0.3 is 15.2 Å². The molecule has 0 radical (unpaired) electrons. The molecule has 0 aliphatic carbocycles. The Bertz CT molecular complexity index is 700. The molecule has 21 heavy (non-hydrogen) atoms. The minimum atomic E-state index is -1.15. The number of aliphatic carboxylic acids is 1. The predicted octanol–water partition coefficient (Wildman–Crippen LogP) is 2.02. The van der Waals surface area contributed by atoms with Crippen molar-refractivity contribution >= 4 is 38.9 Å². The van der Waals surface area contributed by atoms with Crippen LogP contribution in [0.1, 0.15) is 5.01 Å². The third-order valence-electron chi connectivity index (χ3n) is 2.77. The van der Waals surface area contributed by atoms with Crippen LogP contribution in [-0.2, 0) is 9.53 Å². The molecule has 1 heterocycles. The number of anilines is 1. The van der Waals surface area contributed by atoms with Crippen molar-refractivity contribution in [3.63, 3.8) is 0 Å². The number of thiazole rings is 1. The summed E-state index contributed by atoms with van der Waals surface area (Å²) in [6, 6.07) is 1.81. The number of hydrogen-bond donors (Lipinski definition) is 2. The van der Waals surface area contributed by atoms with Gasteiger partial charge in [-0.2, -0.15) is 0 Å². The Labute approximate surface area is 123 Å². The first-order valence-electron chi connectivity index (χ1n) is 5.96. The number of methoxy groups -OCH3 is 1. The minimum absolute atomic E-state index is 0.110. The van der Waals surface area contributed by atoms with E-state index < -0.39 is 16.9 Å². The van der Waals surface area contributed by atoms with E-state index in [1.807, 2.05) is 0 Å². The van der Waals surface area contributed by atoms with Crippen LogP contribution in [0.4, 0.5) is 11.4 Å². The first-order chi connectivity index (χ1) is 9.92. The normalized spacial score (nSPS) is 12.3. The molecular weight excluding hydrogens is 298 g/mol. The quantitative estimate of drug-likeness (QED) is 0.619. The number of ether oxygens (including phenoxy) is 1. The molecule has 0 fully saturated rings. The Hall–Kier alpha value is -2.26. The van der Waals surface area contributed by atoms with Gasteiger partial charge in [0.15, 0.2) is 0 Å². The number of carbonyl (C=O) groups is 1. The summed E-state index contributed by atoms with van der Waals surface area (Å²) in [6.07, 6.45) is 0. The zero-order valence-electron chi connectivity index (χ0n) is 11.3. The van der Waals surface area contributed by atoms with Crippen molar-refractivity contribution in [3.05, 3.63) is 27.3 Å². The maximum Gasteiger partial charge on any atom is 0.328 e. The summed E-state index contributed by atoms with van der Waals surface area (Å²) in [5, 5.41) is 23.6. The van der Waals surface area contributed by atoms with Crippen LogP contribution in [0.15, 0.2) is 12.1 Å². The highest BCUT2D eigenvalue weighted by atomic mass is 32.1. The van der Waals surface area contributed by atoms with Gasteiger partial charge in [0.2, 0.25) is 0 Å². The maximum atomic E-state index is 11.2. The number of carboxylic acid groups (broad SMARTS) is 1. The van der Waals surface area contributed by atoms with Crippen LogP contribution in [0.2, 0.25) is 0 Å². The average Bonchev–Trinajstić information content (AvgIpc) is 2.76. The van der Waals surface area contributed by atoms with Crippen LogP contribution in [0.5, 0.6) is 0 Å². The van der Waals surface area contributed by atoms with Crippen molar-refractivity contribution in [2.24, 2.45) is 0 Å². The van der Waals surface area contributed by atoms with Crippen LogP contribution in [0.25, 0.3) is 10.2 Å². The molecule has 112 valence electrons. The lowest BCUT2D eigenvalue weighted by Gasteiger charge is -2.14. The van der Waals surface area contributed by atoms with Crippen molar-refractivity contribution < 1.29 is 19.6 Å². The second-order valence-corrected chi connectivity index (χ2v) is 5.55. The molecule has 0 spiro atoms. The number of benzene rings is 1. The number of nitrogens with one attached hydrogen (secondary N) is 1. The van der Waals surface area contributed by atoms with Gasteiger partial charge in [-0.3, -0.25) is 10.1 Å². The fraction of sp³-hybridized carbons (Fsp3) is 0.333. The summed E-state index contributed by atoms with van der Waals surface area (Å²) in [7, 11) is 1.36. The van der Waals surface area contributed by atoms with E-state index in [2.05, 4.69) is 10.3 Å². The zero-order valence-corrected chi connectivity index (χ0v) is 12.1. The van der Waals surface area contributed by atoms with Crippen LogP contribution < -0.4 is 5.32 Å². The minimum Gasteiger partial charge on any atom is -0.480 e. The highest BCUT2D eigenvalue weighted by molar-refractivity contribution is 7.18. The summed E-state index contributed by atoms with van der Waals surface area (Å²) in [4.78, 5) is 26.0. The molecule has 2 N–H and O–H groups in total. The molecule has 0 bridgehead atoms. The molecule has 1 unspecified atom stereocenters. The highest BCUT2D eigenvalue weighted by Gasteiger charge is 2.23. The Morgan fingerprint density at radius 1 is 1.62 bits per heavy atom. The van der Waals surface area contributed by atoms with Crippen molar-refractivity contribution in [1.82, 2.24) is 4.98 Å². The van der Waals surface area contributed by atoms with E-state index >= 15 is 0 Å². The van der Waals surface area contributed by atoms with E-state index in [0.29, 0.717) is 10.2 Å². The van der Waals surface area contributed by atoms with Crippen molar-refractivity contribution in [1.29, 1.82) is 0 Å². The number of aryl methyl sites for hydroxylation is 1. The Morgan fingerprint density at radius 2 is 2.33 bits per heavy atom. The second-order valence-electron chi connectivity index (χ2n) is 4.32. The third kappa shape index (κ3) is 3.26. The van der Waals surface area contributed by atoms with E-state index in [1.54, 1.807) is 6.92 Å². The lowest BCUT2D eigenvalue weighted by atomic mass is 10.2. The lowest BCUT2D eigenvalue weighted by Crippen LogP contribution is -2.33. The van der Waals surface area contributed by atoms with Gasteiger partial charge in [-0.15, -0.1) is 11.3 Å². The summed E-state index contributed by atoms with van der Waals surface area (Å²) < 4.78 is 5.49. The van der Waals surface area contributed by atoms with Gasteiger partial charge in [0.25, 0.3) is 5.69 Å². The van der Waals surface area contributed by atoms with Crippen molar-refractivity contribution in [3.8, 4) is 0 Å². The van der Waals surface area contributed by atoms with Gasteiger partial charge >= 0.3 is 5.97 Å². The summed E-state index contributed by atoms with van der Waals surface area (Å²) in [6.45, 7) is 1.69. The molecule has 0 saturated heterocycles. The number of carboxylic acids is 1. The molecule has 9 heteroatoms. The summed E-state index contributed by atoms with van der Waals surface area (Å²) in [5.74, 6) is -1.15. The van der Waals surface area contributed by atoms with Gasteiger partial charge in [0.1, 0.15) is 11.7 Å². The first-order valence-corrected chi connectivity index (χ1v) is 6.78. The summed E-state index contributed by atoms with van der Waals surface area (Å²) >= 11 is 1.34. The average molecular weight is 311 g/mol. The van der Waals surface area contributed by atoms with E-state index in [1.165, 1.54) is 30.6 Å². The van der Waals surface area contributed by atoms with E-state index in [4.69, 9.17) is 9.84 Å². The standard InChI is InChI=1S/C12H13N3O5S/c1-6-13-8-3-7(14-9(5-20-2)12(16)17)10(15(18)19)4-11(8)21-6/h3-4,9,14H,5H2,1-2H3,(H,16,17). The first kappa shape index (κ1) is 15.1. The van der Waals surface area contributed by atoms with E-state index in [0.717, 1.165) is 5.01 Å². The molecule has 0 aliphatic heterocycles. The number of nitro benzene ring substituents is 1. The monoisotopic (exact) mass is 311 g/mol. The van der Waals surface area contributed by atoms with Crippen LogP contribution in [-0.4, -0.2) is 40.7 Å². The third-order valence-corrected chi connectivity index (χ3v) is 3.70. The zero-order chi connectivity index (χ0) is 15.6. The second kappa shape index (κ2) is 6.02. The number of aromatic nitrogens is 1. The number of fused-ring (bicyclic) bond motifs is 1. The molecule has 0 saturated carbocycles. The Morgan fingerprint density at radius 3 is 2.90 bits per heavy atom. The smallest absolute Gasteiger partial charge is 0.328 e. The molecule has 1 aromatic carbocycles. The van der Waals surface area contributed by atoms with Crippen LogP contribution in [0.3, 0.4) is 0 Å². The molecule has 0 amide bonds. The largest absolute Gasteiger partial charge is 0.480 e. The molecular formula is C12H13N3O5S. The number of nitro groups is 1. The van der Waals surface area contributed by atoms with Gasteiger partial charge in [-0.25, -0.2) is 9.78 Å². The number of rotatable bonds is 6. The summed E-state index contributed by atoms with van der Waals surface area (Å²) in [5.41, 5.74) is 0.517. The van der Waals surface area contributed by atoms with Crippen LogP contribution in [0, 0.1) is 17.0 Å². The Balaban J connectivity index is 2.46. The topological polar surface area (TPSA) is 115 Å². The molecule has 1 aromatic heterocycles. The van der Waals surface area contributed by atoms with Crippen molar-refractivity contribution in [2.75, 3.05) is 19.0 Å². The molecule has 8 nitrogen and oxygen atoms in total. The van der Waals surface area contributed by atoms with Gasteiger partial charge in [-0.05, 0) is 13.0 Å².